The standard InChI is InChI=1S/C32H38N4O3/c1-24-14-16-36(17-15-24)32(38)27-23-26(33-31(37)22-25-8-4-3-5-9-25)12-13-28(27)34-18-20-35(21-19-34)29-10-6-7-11-30(29)39-2/h3-13,23-24H,14-22H2,1-2H3,(H,33,37). The van der Waals surface area contributed by atoms with E-state index in [1.54, 1.807) is 7.11 Å². The number of nitrogens with one attached hydrogen (secondary N) is 1. The molecule has 204 valence electrons. The third kappa shape index (κ3) is 6.36. The SMILES string of the molecule is COc1ccccc1N1CCN(c2ccc(NC(=O)Cc3ccccc3)cc2C(=O)N2CCC(C)CC2)CC1. The summed E-state index contributed by atoms with van der Waals surface area (Å²) in [7, 11) is 1.70. The predicted octanol–water partition coefficient (Wildman–Crippen LogP) is 5.08. The smallest absolute Gasteiger partial charge is 0.256 e. The second kappa shape index (κ2) is 12.2. The number of piperazine rings is 1. The molecule has 0 bridgehead atoms. The predicted molar refractivity (Wildman–Crippen MR) is 157 cm³/mol. The van der Waals surface area contributed by atoms with E-state index in [2.05, 4.69) is 28.1 Å². The Hall–Kier alpha value is -4.00. The molecule has 0 unspecified atom stereocenters. The third-order valence-corrected chi connectivity index (χ3v) is 7.84. The van der Waals surface area contributed by atoms with E-state index in [9.17, 15) is 9.59 Å². The van der Waals surface area contributed by atoms with Gasteiger partial charge in [-0.05, 0) is 54.7 Å². The van der Waals surface area contributed by atoms with Crippen molar-refractivity contribution < 1.29 is 14.3 Å². The van der Waals surface area contributed by atoms with Crippen LogP contribution < -0.4 is 19.9 Å². The molecule has 2 aliphatic heterocycles. The summed E-state index contributed by atoms with van der Waals surface area (Å²) < 4.78 is 5.58. The molecule has 3 aromatic carbocycles. The van der Waals surface area contributed by atoms with Crippen LogP contribution in [0.2, 0.25) is 0 Å². The number of carbonyl (C=O) groups excluding carboxylic acids is 2. The summed E-state index contributed by atoms with van der Waals surface area (Å²) in [5.74, 6) is 1.46. The number of amides is 2. The van der Waals surface area contributed by atoms with Crippen LogP contribution in [-0.2, 0) is 11.2 Å². The number of hydrogen-bond donors (Lipinski definition) is 1. The molecule has 7 nitrogen and oxygen atoms in total. The molecule has 0 aromatic heterocycles. The molecule has 0 aliphatic carbocycles. The van der Waals surface area contributed by atoms with Crippen molar-refractivity contribution in [2.24, 2.45) is 5.92 Å². The molecule has 2 fully saturated rings. The van der Waals surface area contributed by atoms with Crippen molar-refractivity contribution >= 4 is 28.9 Å². The first-order valence-electron chi connectivity index (χ1n) is 13.9. The largest absolute Gasteiger partial charge is 0.495 e. The van der Waals surface area contributed by atoms with Crippen LogP contribution in [0.3, 0.4) is 0 Å². The molecule has 0 radical (unpaired) electrons. The molecule has 5 rings (SSSR count). The summed E-state index contributed by atoms with van der Waals surface area (Å²) in [6.45, 7) is 7.01. The lowest BCUT2D eigenvalue weighted by Crippen LogP contribution is -2.47. The molecular weight excluding hydrogens is 488 g/mol. The van der Waals surface area contributed by atoms with Crippen LogP contribution in [0.5, 0.6) is 5.75 Å². The van der Waals surface area contributed by atoms with E-state index < -0.39 is 0 Å². The topological polar surface area (TPSA) is 65.1 Å². The van der Waals surface area contributed by atoms with Gasteiger partial charge in [0.1, 0.15) is 5.75 Å². The van der Waals surface area contributed by atoms with Gasteiger partial charge in [-0.2, -0.15) is 0 Å². The van der Waals surface area contributed by atoms with Gasteiger partial charge in [0.15, 0.2) is 0 Å². The molecule has 2 aliphatic rings. The van der Waals surface area contributed by atoms with E-state index >= 15 is 0 Å². The summed E-state index contributed by atoms with van der Waals surface area (Å²) in [6.07, 6.45) is 2.33. The fourth-order valence-electron chi connectivity index (χ4n) is 5.51. The summed E-state index contributed by atoms with van der Waals surface area (Å²) >= 11 is 0. The van der Waals surface area contributed by atoms with Crippen LogP contribution in [0.25, 0.3) is 0 Å². The van der Waals surface area contributed by atoms with Crippen molar-refractivity contribution in [2.45, 2.75) is 26.2 Å². The summed E-state index contributed by atoms with van der Waals surface area (Å²) in [4.78, 5) is 33.2. The maximum Gasteiger partial charge on any atom is 0.256 e. The van der Waals surface area contributed by atoms with E-state index in [0.717, 1.165) is 74.8 Å². The van der Waals surface area contributed by atoms with Gasteiger partial charge in [-0.3, -0.25) is 9.59 Å². The lowest BCUT2D eigenvalue weighted by atomic mass is 9.98. The summed E-state index contributed by atoms with van der Waals surface area (Å²) in [5.41, 5.74) is 4.29. The first-order valence-corrected chi connectivity index (χ1v) is 13.9. The lowest BCUT2D eigenvalue weighted by molar-refractivity contribution is -0.115. The Morgan fingerprint density at radius 3 is 2.15 bits per heavy atom. The zero-order valence-electron chi connectivity index (χ0n) is 22.9. The molecular formula is C32H38N4O3. The molecule has 3 aromatic rings. The van der Waals surface area contributed by atoms with E-state index in [-0.39, 0.29) is 11.8 Å². The Morgan fingerprint density at radius 1 is 0.821 bits per heavy atom. The van der Waals surface area contributed by atoms with Gasteiger partial charge in [-0.25, -0.2) is 0 Å². The van der Waals surface area contributed by atoms with E-state index in [4.69, 9.17) is 4.74 Å². The van der Waals surface area contributed by atoms with Crippen molar-refractivity contribution in [1.82, 2.24) is 4.90 Å². The fraction of sp³-hybridized carbons (Fsp3) is 0.375. The van der Waals surface area contributed by atoms with Crippen molar-refractivity contribution in [3.8, 4) is 5.75 Å². The first-order chi connectivity index (χ1) is 19.0. The number of methoxy groups -OCH3 is 1. The second-order valence-corrected chi connectivity index (χ2v) is 10.6. The molecule has 2 amide bonds. The Bertz CT molecular complexity index is 1280. The van der Waals surface area contributed by atoms with Crippen molar-refractivity contribution in [1.29, 1.82) is 0 Å². The monoisotopic (exact) mass is 526 g/mol. The minimum Gasteiger partial charge on any atom is -0.495 e. The van der Waals surface area contributed by atoms with Crippen LogP contribution in [0.15, 0.2) is 72.8 Å². The van der Waals surface area contributed by atoms with Crippen molar-refractivity contribution in [3.05, 3.63) is 83.9 Å². The van der Waals surface area contributed by atoms with Crippen molar-refractivity contribution in [3.63, 3.8) is 0 Å². The number of para-hydroxylation sites is 2. The number of carbonyl (C=O) groups is 2. The maximum atomic E-state index is 13.8. The first kappa shape index (κ1) is 26.6. The Labute approximate surface area is 231 Å². The van der Waals surface area contributed by atoms with Gasteiger partial charge in [0.05, 0.1) is 24.8 Å². The molecule has 0 spiro atoms. The average Bonchev–Trinajstić information content (AvgIpc) is 2.98. The minimum absolute atomic E-state index is 0.0446. The van der Waals surface area contributed by atoms with Gasteiger partial charge in [-0.15, -0.1) is 0 Å². The number of ether oxygens (including phenoxy) is 1. The van der Waals surface area contributed by atoms with Gasteiger partial charge in [0.25, 0.3) is 5.91 Å². The van der Waals surface area contributed by atoms with E-state index in [1.165, 1.54) is 0 Å². The fourth-order valence-corrected chi connectivity index (χ4v) is 5.51. The number of piperidine rings is 1. The molecule has 39 heavy (non-hydrogen) atoms. The van der Waals surface area contributed by atoms with Gasteiger partial charge in [0.2, 0.25) is 5.91 Å². The molecule has 0 atom stereocenters. The molecule has 0 saturated carbocycles. The van der Waals surface area contributed by atoms with Crippen LogP contribution >= 0.6 is 0 Å². The maximum absolute atomic E-state index is 13.8. The van der Waals surface area contributed by atoms with Crippen molar-refractivity contribution in [2.75, 3.05) is 61.5 Å². The Balaban J connectivity index is 1.35. The average molecular weight is 527 g/mol. The van der Waals surface area contributed by atoms with E-state index in [0.29, 0.717) is 23.6 Å². The van der Waals surface area contributed by atoms with Gasteiger partial charge in [0, 0.05) is 50.6 Å². The molecule has 2 heterocycles. The Kier molecular flexibility index (Phi) is 8.35. The number of benzene rings is 3. The quantitative estimate of drug-likeness (QED) is 0.466. The highest BCUT2D eigenvalue weighted by molar-refractivity contribution is 6.02. The number of rotatable bonds is 7. The third-order valence-electron chi connectivity index (χ3n) is 7.84. The zero-order chi connectivity index (χ0) is 27.2. The van der Waals surface area contributed by atoms with Gasteiger partial charge >= 0.3 is 0 Å². The van der Waals surface area contributed by atoms with E-state index in [1.807, 2.05) is 71.6 Å². The highest BCUT2D eigenvalue weighted by Crippen LogP contribution is 2.32. The van der Waals surface area contributed by atoms with Crippen LogP contribution in [0.1, 0.15) is 35.7 Å². The highest BCUT2D eigenvalue weighted by atomic mass is 16.5. The second-order valence-electron chi connectivity index (χ2n) is 10.6. The normalized spacial score (nSPS) is 16.2. The molecule has 2 saturated heterocycles. The molecule has 7 heteroatoms. The van der Waals surface area contributed by atoms with Crippen LogP contribution in [-0.4, -0.2) is 63.1 Å². The summed E-state index contributed by atoms with van der Waals surface area (Å²) in [5, 5.41) is 3.02. The lowest BCUT2D eigenvalue weighted by Gasteiger charge is -2.39. The number of anilines is 3. The number of hydrogen-bond acceptors (Lipinski definition) is 5. The number of likely N-dealkylation sites (tertiary alicyclic amines) is 1. The zero-order valence-corrected chi connectivity index (χ0v) is 22.9. The summed E-state index contributed by atoms with van der Waals surface area (Å²) in [6, 6.07) is 23.6. The van der Waals surface area contributed by atoms with Crippen LogP contribution in [0.4, 0.5) is 17.1 Å². The van der Waals surface area contributed by atoms with Gasteiger partial charge in [-0.1, -0.05) is 49.4 Å². The number of nitrogens with zero attached hydrogens (tertiary/aromatic N) is 3. The Morgan fingerprint density at radius 2 is 1.46 bits per heavy atom. The van der Waals surface area contributed by atoms with Crippen LogP contribution in [0, 0.1) is 5.92 Å². The highest BCUT2D eigenvalue weighted by Gasteiger charge is 2.27. The molecule has 1 N–H and O–H groups in total. The minimum atomic E-state index is -0.0930. The van der Waals surface area contributed by atoms with Gasteiger partial charge < -0.3 is 24.8 Å².